The average molecular weight is 333 g/mol. The number of aryl methyl sites for hydroxylation is 2. The summed E-state index contributed by atoms with van der Waals surface area (Å²) in [6.45, 7) is 3.75. The van der Waals surface area contributed by atoms with Crippen LogP contribution in [-0.2, 0) is 14.6 Å². The number of hydrogen-bond acceptors (Lipinski definition) is 4. The van der Waals surface area contributed by atoms with Crippen molar-refractivity contribution < 1.29 is 17.9 Å². The van der Waals surface area contributed by atoms with Gasteiger partial charge in [-0.15, -0.1) is 0 Å². The Kier molecular flexibility index (Phi) is 5.05. The van der Waals surface area contributed by atoms with Gasteiger partial charge in [0.15, 0.2) is 16.4 Å². The first-order valence-electron chi connectivity index (χ1n) is 7.06. The number of sulfone groups is 1. The third kappa shape index (κ3) is 4.82. The molecule has 5 nitrogen and oxygen atoms in total. The van der Waals surface area contributed by atoms with Crippen molar-refractivity contribution in [1.29, 1.82) is 0 Å². The first-order valence-corrected chi connectivity index (χ1v) is 8.95. The number of carbonyl (C=O) groups is 1. The first-order chi connectivity index (χ1) is 10.8. The summed E-state index contributed by atoms with van der Waals surface area (Å²) in [5.41, 5.74) is 2.50. The van der Waals surface area contributed by atoms with Gasteiger partial charge < -0.3 is 10.1 Å². The monoisotopic (exact) mass is 333 g/mol. The number of rotatable bonds is 5. The maximum absolute atomic E-state index is 11.9. The second kappa shape index (κ2) is 6.83. The van der Waals surface area contributed by atoms with Crippen molar-refractivity contribution in [3.05, 3.63) is 53.6 Å². The molecule has 1 N–H and O–H groups in total. The van der Waals surface area contributed by atoms with E-state index in [1.165, 1.54) is 12.1 Å². The van der Waals surface area contributed by atoms with E-state index in [0.717, 1.165) is 17.4 Å². The molecule has 0 aromatic heterocycles. The van der Waals surface area contributed by atoms with Crippen molar-refractivity contribution in [3.63, 3.8) is 0 Å². The minimum atomic E-state index is -3.31. The predicted octanol–water partition coefficient (Wildman–Crippen LogP) is 2.72. The Bertz CT molecular complexity index is 828. The number of nitrogens with one attached hydrogen (secondary N) is 1. The molecule has 23 heavy (non-hydrogen) atoms. The molecular formula is C17H19NO4S. The Morgan fingerprint density at radius 2 is 1.87 bits per heavy atom. The Morgan fingerprint density at radius 1 is 1.13 bits per heavy atom. The summed E-state index contributed by atoms with van der Waals surface area (Å²) in [5.74, 6) is 0.297. The highest BCUT2D eigenvalue weighted by Crippen LogP contribution is 2.19. The molecule has 2 aromatic rings. The van der Waals surface area contributed by atoms with Gasteiger partial charge in [0, 0.05) is 11.9 Å². The molecule has 122 valence electrons. The lowest BCUT2D eigenvalue weighted by atomic mass is 10.1. The summed E-state index contributed by atoms with van der Waals surface area (Å²) >= 11 is 0. The van der Waals surface area contributed by atoms with Crippen LogP contribution in [0.25, 0.3) is 0 Å². The number of hydrogen-bond donors (Lipinski definition) is 1. The van der Waals surface area contributed by atoms with Crippen molar-refractivity contribution in [3.8, 4) is 5.75 Å². The molecule has 0 atom stereocenters. The molecule has 0 saturated heterocycles. The van der Waals surface area contributed by atoms with Gasteiger partial charge in [-0.1, -0.05) is 23.8 Å². The molecule has 0 spiro atoms. The molecule has 0 radical (unpaired) electrons. The van der Waals surface area contributed by atoms with Gasteiger partial charge in [0.25, 0.3) is 5.91 Å². The minimum absolute atomic E-state index is 0.146. The number of benzene rings is 2. The summed E-state index contributed by atoms with van der Waals surface area (Å²) in [5, 5.41) is 2.63. The maximum Gasteiger partial charge on any atom is 0.262 e. The lowest BCUT2D eigenvalue weighted by Gasteiger charge is -2.10. The average Bonchev–Trinajstić information content (AvgIpc) is 2.45. The molecule has 0 heterocycles. The minimum Gasteiger partial charge on any atom is -0.483 e. The Labute approximate surface area is 136 Å². The number of anilines is 1. The fourth-order valence-corrected chi connectivity index (χ4v) is 2.77. The Balaban J connectivity index is 2.00. The van der Waals surface area contributed by atoms with Gasteiger partial charge in [0.2, 0.25) is 0 Å². The fourth-order valence-electron chi connectivity index (χ4n) is 2.11. The van der Waals surface area contributed by atoms with E-state index in [0.29, 0.717) is 11.4 Å². The Hall–Kier alpha value is -2.34. The van der Waals surface area contributed by atoms with E-state index >= 15 is 0 Å². The molecular weight excluding hydrogens is 314 g/mol. The van der Waals surface area contributed by atoms with Gasteiger partial charge in [-0.25, -0.2) is 8.42 Å². The highest BCUT2D eigenvalue weighted by molar-refractivity contribution is 7.90. The van der Waals surface area contributed by atoms with Gasteiger partial charge >= 0.3 is 0 Å². The van der Waals surface area contributed by atoms with Crippen LogP contribution >= 0.6 is 0 Å². The SMILES string of the molecule is Cc1ccc(OCC(=O)Nc2cccc(S(C)(=O)=O)c2)c(C)c1. The highest BCUT2D eigenvalue weighted by Gasteiger charge is 2.10. The van der Waals surface area contributed by atoms with Crippen LogP contribution in [0.1, 0.15) is 11.1 Å². The third-order valence-corrected chi connectivity index (χ3v) is 4.35. The standard InChI is InChI=1S/C17H19NO4S/c1-12-7-8-16(13(2)9-12)22-11-17(19)18-14-5-4-6-15(10-14)23(3,20)21/h4-10H,11H2,1-3H3,(H,18,19). The van der Waals surface area contributed by atoms with Crippen LogP contribution in [-0.4, -0.2) is 27.2 Å². The zero-order chi connectivity index (χ0) is 17.0. The van der Waals surface area contributed by atoms with E-state index in [9.17, 15) is 13.2 Å². The van der Waals surface area contributed by atoms with Crippen LogP contribution in [0.2, 0.25) is 0 Å². The quantitative estimate of drug-likeness (QED) is 0.913. The molecule has 0 aliphatic heterocycles. The van der Waals surface area contributed by atoms with Gasteiger partial charge in [0.05, 0.1) is 4.90 Å². The van der Waals surface area contributed by atoms with Crippen LogP contribution in [0, 0.1) is 13.8 Å². The predicted molar refractivity (Wildman–Crippen MR) is 89.6 cm³/mol. The van der Waals surface area contributed by atoms with Crippen molar-refractivity contribution in [2.24, 2.45) is 0 Å². The van der Waals surface area contributed by atoms with Gasteiger partial charge in [-0.2, -0.15) is 0 Å². The molecule has 0 bridgehead atoms. The summed E-state index contributed by atoms with van der Waals surface area (Å²) in [4.78, 5) is 12.1. The third-order valence-electron chi connectivity index (χ3n) is 3.24. The second-order valence-electron chi connectivity index (χ2n) is 5.41. The number of amides is 1. The molecule has 2 aromatic carbocycles. The molecule has 0 aliphatic rings. The zero-order valence-electron chi connectivity index (χ0n) is 13.3. The van der Waals surface area contributed by atoms with Crippen molar-refractivity contribution in [2.75, 3.05) is 18.2 Å². The maximum atomic E-state index is 11.9. The largest absolute Gasteiger partial charge is 0.483 e. The molecule has 0 fully saturated rings. The van der Waals surface area contributed by atoms with E-state index in [1.54, 1.807) is 12.1 Å². The molecule has 6 heteroatoms. The fraction of sp³-hybridized carbons (Fsp3) is 0.235. The number of ether oxygens (including phenoxy) is 1. The van der Waals surface area contributed by atoms with E-state index < -0.39 is 9.84 Å². The lowest BCUT2D eigenvalue weighted by Crippen LogP contribution is -2.20. The van der Waals surface area contributed by atoms with Crippen LogP contribution in [0.15, 0.2) is 47.4 Å². The van der Waals surface area contributed by atoms with Crippen molar-refractivity contribution in [1.82, 2.24) is 0 Å². The highest BCUT2D eigenvalue weighted by atomic mass is 32.2. The summed E-state index contributed by atoms with van der Waals surface area (Å²) in [7, 11) is -3.31. The molecule has 0 unspecified atom stereocenters. The first kappa shape index (κ1) is 17.0. The summed E-state index contributed by atoms with van der Waals surface area (Å²) < 4.78 is 28.5. The van der Waals surface area contributed by atoms with Gasteiger partial charge in [-0.05, 0) is 43.7 Å². The molecule has 0 aliphatic carbocycles. The van der Waals surface area contributed by atoms with Gasteiger partial charge in [0.1, 0.15) is 5.75 Å². The second-order valence-corrected chi connectivity index (χ2v) is 7.42. The Morgan fingerprint density at radius 3 is 2.52 bits per heavy atom. The summed E-state index contributed by atoms with van der Waals surface area (Å²) in [6.07, 6.45) is 1.12. The van der Waals surface area contributed by atoms with Crippen LogP contribution in [0.5, 0.6) is 5.75 Å². The van der Waals surface area contributed by atoms with E-state index in [2.05, 4.69) is 5.32 Å². The number of carbonyl (C=O) groups excluding carboxylic acids is 1. The normalized spacial score (nSPS) is 11.1. The topological polar surface area (TPSA) is 72.5 Å². The van der Waals surface area contributed by atoms with Crippen LogP contribution in [0.4, 0.5) is 5.69 Å². The zero-order valence-corrected chi connectivity index (χ0v) is 14.1. The van der Waals surface area contributed by atoms with E-state index in [1.807, 2.05) is 32.0 Å². The smallest absolute Gasteiger partial charge is 0.262 e. The summed E-state index contributed by atoms with van der Waals surface area (Å²) in [6, 6.07) is 11.8. The van der Waals surface area contributed by atoms with Crippen LogP contribution < -0.4 is 10.1 Å². The lowest BCUT2D eigenvalue weighted by molar-refractivity contribution is -0.118. The van der Waals surface area contributed by atoms with Crippen molar-refractivity contribution >= 4 is 21.4 Å². The van der Waals surface area contributed by atoms with Gasteiger partial charge in [-0.3, -0.25) is 4.79 Å². The van der Waals surface area contributed by atoms with Crippen molar-refractivity contribution in [2.45, 2.75) is 18.7 Å². The molecule has 0 saturated carbocycles. The molecule has 1 amide bonds. The molecule has 2 rings (SSSR count). The van der Waals surface area contributed by atoms with E-state index in [-0.39, 0.29) is 17.4 Å². The van der Waals surface area contributed by atoms with Crippen LogP contribution in [0.3, 0.4) is 0 Å². The van der Waals surface area contributed by atoms with E-state index in [4.69, 9.17) is 4.74 Å².